The van der Waals surface area contributed by atoms with Crippen molar-refractivity contribution in [3.63, 3.8) is 0 Å². The Balaban J connectivity index is 2.36. The van der Waals surface area contributed by atoms with Gasteiger partial charge in [-0.25, -0.2) is 0 Å². The van der Waals surface area contributed by atoms with Crippen LogP contribution in [0.15, 0.2) is 24.3 Å². The lowest BCUT2D eigenvalue weighted by Crippen LogP contribution is -2.37. The fourth-order valence-electron chi connectivity index (χ4n) is 2.14. The van der Waals surface area contributed by atoms with Crippen LogP contribution >= 0.6 is 0 Å². The number of rotatable bonds is 4. The number of fused-ring (bicyclic) bond motifs is 1. The van der Waals surface area contributed by atoms with Crippen molar-refractivity contribution in [3.8, 4) is 0 Å². The van der Waals surface area contributed by atoms with Gasteiger partial charge in [-0.05, 0) is 38.0 Å². The molecule has 2 aromatic rings. The summed E-state index contributed by atoms with van der Waals surface area (Å²) in [4.78, 5) is 16.7. The molecular weight excluding hydrogens is 252 g/mol. The van der Waals surface area contributed by atoms with E-state index in [0.29, 0.717) is 17.7 Å². The van der Waals surface area contributed by atoms with E-state index in [9.17, 15) is 4.79 Å². The molecule has 0 radical (unpaired) electrons. The standard InChI is InChI=1S/C16H20N2O2/c1-4-13(9-19)18-16(20)14-8-12-6-5-10(2)7-15(12)17-11(14)3/h5-8,13,19H,4,9H2,1-3H3,(H,18,20). The maximum absolute atomic E-state index is 12.2. The fourth-order valence-corrected chi connectivity index (χ4v) is 2.14. The van der Waals surface area contributed by atoms with Crippen LogP contribution in [0.5, 0.6) is 0 Å². The lowest BCUT2D eigenvalue weighted by atomic mass is 10.1. The molecule has 0 aliphatic heterocycles. The predicted molar refractivity (Wildman–Crippen MR) is 79.8 cm³/mol. The van der Waals surface area contributed by atoms with Gasteiger partial charge in [0.2, 0.25) is 0 Å². The zero-order valence-electron chi connectivity index (χ0n) is 12.1. The van der Waals surface area contributed by atoms with Gasteiger partial charge in [-0.1, -0.05) is 19.1 Å². The lowest BCUT2D eigenvalue weighted by molar-refractivity contribution is 0.0914. The summed E-state index contributed by atoms with van der Waals surface area (Å²) in [6.45, 7) is 5.72. The molecule has 1 heterocycles. The Bertz CT molecular complexity index is 634. The Morgan fingerprint density at radius 3 is 2.75 bits per heavy atom. The number of carbonyl (C=O) groups is 1. The van der Waals surface area contributed by atoms with Crippen molar-refractivity contribution in [2.24, 2.45) is 0 Å². The first-order valence-electron chi connectivity index (χ1n) is 6.85. The highest BCUT2D eigenvalue weighted by atomic mass is 16.3. The molecule has 1 amide bonds. The van der Waals surface area contributed by atoms with E-state index in [1.54, 1.807) is 0 Å². The minimum atomic E-state index is -0.212. The van der Waals surface area contributed by atoms with Gasteiger partial charge in [-0.2, -0.15) is 0 Å². The van der Waals surface area contributed by atoms with Crippen LogP contribution in [-0.4, -0.2) is 28.6 Å². The molecule has 1 atom stereocenters. The normalized spacial score (nSPS) is 12.4. The zero-order valence-corrected chi connectivity index (χ0v) is 12.1. The van der Waals surface area contributed by atoms with E-state index in [4.69, 9.17) is 5.11 Å². The molecule has 2 rings (SSSR count). The first-order valence-corrected chi connectivity index (χ1v) is 6.85. The molecular formula is C16H20N2O2. The maximum Gasteiger partial charge on any atom is 0.253 e. The Morgan fingerprint density at radius 1 is 1.35 bits per heavy atom. The number of pyridine rings is 1. The summed E-state index contributed by atoms with van der Waals surface area (Å²) < 4.78 is 0. The molecule has 106 valence electrons. The number of carbonyl (C=O) groups excluding carboxylic acids is 1. The monoisotopic (exact) mass is 272 g/mol. The minimum Gasteiger partial charge on any atom is -0.394 e. The molecule has 0 spiro atoms. The van der Waals surface area contributed by atoms with E-state index in [2.05, 4.69) is 10.3 Å². The number of aromatic nitrogens is 1. The highest BCUT2D eigenvalue weighted by molar-refractivity contribution is 5.98. The van der Waals surface area contributed by atoms with Crippen LogP contribution in [0, 0.1) is 13.8 Å². The summed E-state index contributed by atoms with van der Waals surface area (Å²) in [5, 5.41) is 12.9. The number of benzene rings is 1. The number of nitrogens with one attached hydrogen (secondary N) is 1. The molecule has 0 fully saturated rings. The van der Waals surface area contributed by atoms with Gasteiger partial charge in [0.25, 0.3) is 5.91 Å². The van der Waals surface area contributed by atoms with Crippen LogP contribution in [0.4, 0.5) is 0 Å². The van der Waals surface area contributed by atoms with Crippen LogP contribution < -0.4 is 5.32 Å². The number of aliphatic hydroxyl groups excluding tert-OH is 1. The van der Waals surface area contributed by atoms with Gasteiger partial charge in [0.05, 0.1) is 29.4 Å². The van der Waals surface area contributed by atoms with Gasteiger partial charge in [-0.15, -0.1) is 0 Å². The molecule has 0 saturated heterocycles. The summed E-state index contributed by atoms with van der Waals surface area (Å²) in [5.41, 5.74) is 3.31. The average molecular weight is 272 g/mol. The summed E-state index contributed by atoms with van der Waals surface area (Å²) in [6, 6.07) is 7.62. The van der Waals surface area contributed by atoms with Gasteiger partial charge >= 0.3 is 0 Å². The summed E-state index contributed by atoms with van der Waals surface area (Å²) >= 11 is 0. The van der Waals surface area contributed by atoms with Crippen molar-refractivity contribution in [1.82, 2.24) is 10.3 Å². The van der Waals surface area contributed by atoms with Crippen LogP contribution in [0.3, 0.4) is 0 Å². The fraction of sp³-hybridized carbons (Fsp3) is 0.375. The second-order valence-corrected chi connectivity index (χ2v) is 5.08. The Morgan fingerprint density at radius 2 is 2.10 bits per heavy atom. The molecule has 1 aromatic heterocycles. The molecule has 20 heavy (non-hydrogen) atoms. The Kier molecular flexibility index (Phi) is 4.35. The van der Waals surface area contributed by atoms with E-state index >= 15 is 0 Å². The number of aryl methyl sites for hydroxylation is 2. The number of amides is 1. The number of aliphatic hydroxyl groups is 1. The van der Waals surface area contributed by atoms with Crippen LogP contribution in [-0.2, 0) is 0 Å². The zero-order chi connectivity index (χ0) is 14.7. The van der Waals surface area contributed by atoms with Crippen molar-refractivity contribution < 1.29 is 9.90 Å². The highest BCUT2D eigenvalue weighted by Gasteiger charge is 2.15. The third-order valence-electron chi connectivity index (χ3n) is 3.46. The van der Waals surface area contributed by atoms with Crippen molar-refractivity contribution in [2.75, 3.05) is 6.61 Å². The topological polar surface area (TPSA) is 62.2 Å². The second-order valence-electron chi connectivity index (χ2n) is 5.08. The highest BCUT2D eigenvalue weighted by Crippen LogP contribution is 2.18. The van der Waals surface area contributed by atoms with Crippen molar-refractivity contribution in [1.29, 1.82) is 0 Å². The third-order valence-corrected chi connectivity index (χ3v) is 3.46. The van der Waals surface area contributed by atoms with Gasteiger partial charge < -0.3 is 10.4 Å². The maximum atomic E-state index is 12.2. The quantitative estimate of drug-likeness (QED) is 0.898. The molecule has 1 unspecified atom stereocenters. The van der Waals surface area contributed by atoms with E-state index in [-0.39, 0.29) is 18.6 Å². The summed E-state index contributed by atoms with van der Waals surface area (Å²) in [6.07, 6.45) is 0.696. The van der Waals surface area contributed by atoms with Crippen molar-refractivity contribution >= 4 is 16.8 Å². The molecule has 4 nitrogen and oxygen atoms in total. The van der Waals surface area contributed by atoms with Crippen LogP contribution in [0.2, 0.25) is 0 Å². The first-order chi connectivity index (χ1) is 9.55. The van der Waals surface area contributed by atoms with E-state index in [1.807, 2.05) is 45.0 Å². The third kappa shape index (κ3) is 2.96. The Labute approximate surface area is 118 Å². The first kappa shape index (κ1) is 14.5. The van der Waals surface area contributed by atoms with Gasteiger partial charge in [0.1, 0.15) is 0 Å². The smallest absolute Gasteiger partial charge is 0.253 e. The molecule has 0 bridgehead atoms. The van der Waals surface area contributed by atoms with Gasteiger partial charge in [0, 0.05) is 5.39 Å². The molecule has 2 N–H and O–H groups in total. The van der Waals surface area contributed by atoms with Gasteiger partial charge in [0.15, 0.2) is 0 Å². The van der Waals surface area contributed by atoms with E-state index in [0.717, 1.165) is 16.5 Å². The van der Waals surface area contributed by atoms with Crippen molar-refractivity contribution in [3.05, 3.63) is 41.1 Å². The molecule has 0 saturated carbocycles. The number of hydrogen-bond donors (Lipinski definition) is 2. The average Bonchev–Trinajstić information content (AvgIpc) is 2.43. The minimum absolute atomic E-state index is 0.0541. The molecule has 0 aliphatic rings. The SMILES string of the molecule is CCC(CO)NC(=O)c1cc2ccc(C)cc2nc1C. The molecule has 4 heteroatoms. The van der Waals surface area contributed by atoms with Crippen LogP contribution in [0.25, 0.3) is 10.9 Å². The molecule has 0 aliphatic carbocycles. The largest absolute Gasteiger partial charge is 0.394 e. The summed E-state index contributed by atoms with van der Waals surface area (Å²) in [5.74, 6) is -0.182. The Hall–Kier alpha value is -1.94. The summed E-state index contributed by atoms with van der Waals surface area (Å²) in [7, 11) is 0. The lowest BCUT2D eigenvalue weighted by Gasteiger charge is -2.15. The van der Waals surface area contributed by atoms with Crippen LogP contribution in [0.1, 0.15) is 35.0 Å². The predicted octanol–water partition coefficient (Wildman–Crippen LogP) is 2.35. The van der Waals surface area contributed by atoms with Gasteiger partial charge in [-0.3, -0.25) is 9.78 Å². The molecule has 1 aromatic carbocycles. The van der Waals surface area contributed by atoms with Crippen molar-refractivity contribution in [2.45, 2.75) is 33.2 Å². The second kappa shape index (κ2) is 6.01. The van der Waals surface area contributed by atoms with E-state index < -0.39 is 0 Å². The van der Waals surface area contributed by atoms with E-state index in [1.165, 1.54) is 0 Å². The number of nitrogens with zero attached hydrogens (tertiary/aromatic N) is 1. The number of hydrogen-bond acceptors (Lipinski definition) is 3.